The van der Waals surface area contributed by atoms with Gasteiger partial charge in [-0.15, -0.1) is 0 Å². The number of hydrogen-bond donors (Lipinski definition) is 1. The molecule has 0 spiro atoms. The van der Waals surface area contributed by atoms with Crippen LogP contribution in [0.2, 0.25) is 0 Å². The molecule has 5 nitrogen and oxygen atoms in total. The first-order valence-corrected chi connectivity index (χ1v) is 6.37. The molecule has 2 rings (SSSR count). The SMILES string of the molecule is COC(OC)C(C)NC(=O)c1ccnc2ccccc12. The molecule has 0 aliphatic rings. The lowest BCUT2D eigenvalue weighted by Crippen LogP contribution is -2.43. The highest BCUT2D eigenvalue weighted by molar-refractivity contribution is 6.06. The maximum atomic E-state index is 12.4. The normalized spacial score (nSPS) is 12.6. The van der Waals surface area contributed by atoms with Crippen molar-refractivity contribution in [2.24, 2.45) is 0 Å². The zero-order chi connectivity index (χ0) is 14.5. The number of para-hydroxylation sites is 1. The average molecular weight is 274 g/mol. The summed E-state index contributed by atoms with van der Waals surface area (Å²) >= 11 is 0. The van der Waals surface area contributed by atoms with Gasteiger partial charge in [-0.25, -0.2) is 0 Å². The maximum absolute atomic E-state index is 12.4. The van der Waals surface area contributed by atoms with Gasteiger partial charge in [-0.3, -0.25) is 9.78 Å². The van der Waals surface area contributed by atoms with Crippen molar-refractivity contribution in [2.75, 3.05) is 14.2 Å². The highest BCUT2D eigenvalue weighted by Crippen LogP contribution is 2.16. The van der Waals surface area contributed by atoms with E-state index in [1.807, 2.05) is 31.2 Å². The monoisotopic (exact) mass is 274 g/mol. The standard InChI is InChI=1S/C15H18N2O3/c1-10(15(19-2)20-3)17-14(18)12-8-9-16-13-7-5-4-6-11(12)13/h4-10,15H,1-3H3,(H,17,18). The molecule has 1 amide bonds. The van der Waals surface area contributed by atoms with Crippen LogP contribution in [-0.4, -0.2) is 37.4 Å². The number of nitrogens with zero attached hydrogens (tertiary/aromatic N) is 1. The van der Waals surface area contributed by atoms with E-state index in [9.17, 15) is 4.79 Å². The lowest BCUT2D eigenvalue weighted by atomic mass is 10.1. The Hall–Kier alpha value is -1.98. The predicted octanol–water partition coefficient (Wildman–Crippen LogP) is 1.97. The van der Waals surface area contributed by atoms with E-state index >= 15 is 0 Å². The van der Waals surface area contributed by atoms with Crippen LogP contribution in [0.1, 0.15) is 17.3 Å². The molecule has 0 bridgehead atoms. The summed E-state index contributed by atoms with van der Waals surface area (Å²) in [6.45, 7) is 1.83. The Balaban J connectivity index is 2.24. The van der Waals surface area contributed by atoms with Gasteiger partial charge < -0.3 is 14.8 Å². The first-order valence-electron chi connectivity index (χ1n) is 6.37. The van der Waals surface area contributed by atoms with Gasteiger partial charge in [0.15, 0.2) is 6.29 Å². The van der Waals surface area contributed by atoms with Crippen LogP contribution in [0.5, 0.6) is 0 Å². The van der Waals surface area contributed by atoms with Gasteiger partial charge in [-0.05, 0) is 19.1 Å². The highest BCUT2D eigenvalue weighted by atomic mass is 16.7. The Bertz CT molecular complexity index is 591. The van der Waals surface area contributed by atoms with Crippen LogP contribution in [0, 0.1) is 0 Å². The first kappa shape index (κ1) is 14.4. The van der Waals surface area contributed by atoms with Gasteiger partial charge >= 0.3 is 0 Å². The lowest BCUT2D eigenvalue weighted by Gasteiger charge is -2.22. The largest absolute Gasteiger partial charge is 0.354 e. The van der Waals surface area contributed by atoms with E-state index in [2.05, 4.69) is 10.3 Å². The molecule has 1 unspecified atom stereocenters. The summed E-state index contributed by atoms with van der Waals surface area (Å²) in [6.07, 6.45) is 1.15. The summed E-state index contributed by atoms with van der Waals surface area (Å²) in [5.41, 5.74) is 1.39. The van der Waals surface area contributed by atoms with Gasteiger partial charge in [0.05, 0.1) is 17.1 Å². The molecule has 0 aliphatic carbocycles. The van der Waals surface area contributed by atoms with Gasteiger partial charge in [0.2, 0.25) is 0 Å². The van der Waals surface area contributed by atoms with E-state index in [4.69, 9.17) is 9.47 Å². The third-order valence-corrected chi connectivity index (χ3v) is 3.13. The van der Waals surface area contributed by atoms with Crippen LogP contribution in [-0.2, 0) is 9.47 Å². The van der Waals surface area contributed by atoms with Crippen molar-refractivity contribution in [3.63, 3.8) is 0 Å². The van der Waals surface area contributed by atoms with Crippen molar-refractivity contribution in [1.82, 2.24) is 10.3 Å². The number of fused-ring (bicyclic) bond motifs is 1. The van der Waals surface area contributed by atoms with E-state index in [-0.39, 0.29) is 11.9 Å². The molecule has 2 aromatic rings. The lowest BCUT2D eigenvalue weighted by molar-refractivity contribution is -0.117. The number of rotatable bonds is 5. The Kier molecular flexibility index (Phi) is 4.65. The van der Waals surface area contributed by atoms with Crippen molar-refractivity contribution in [2.45, 2.75) is 19.3 Å². The molecule has 20 heavy (non-hydrogen) atoms. The van der Waals surface area contributed by atoms with Gasteiger partial charge in [0, 0.05) is 25.8 Å². The fourth-order valence-electron chi connectivity index (χ4n) is 2.15. The first-order chi connectivity index (χ1) is 9.67. The van der Waals surface area contributed by atoms with Crippen molar-refractivity contribution in [3.05, 3.63) is 42.1 Å². The van der Waals surface area contributed by atoms with Crippen molar-refractivity contribution < 1.29 is 14.3 Å². The second kappa shape index (κ2) is 6.45. The number of carbonyl (C=O) groups is 1. The molecule has 0 saturated carbocycles. The number of pyridine rings is 1. The fraction of sp³-hybridized carbons (Fsp3) is 0.333. The number of methoxy groups -OCH3 is 2. The Morgan fingerprint density at radius 3 is 2.60 bits per heavy atom. The molecule has 1 heterocycles. The molecule has 1 atom stereocenters. The average Bonchev–Trinajstić information content (AvgIpc) is 2.47. The zero-order valence-electron chi connectivity index (χ0n) is 11.8. The van der Waals surface area contributed by atoms with Crippen molar-refractivity contribution in [1.29, 1.82) is 0 Å². The fourth-order valence-corrected chi connectivity index (χ4v) is 2.15. The number of benzene rings is 1. The van der Waals surface area contributed by atoms with Crippen LogP contribution in [0.15, 0.2) is 36.5 Å². The number of hydrogen-bond acceptors (Lipinski definition) is 4. The molecule has 5 heteroatoms. The summed E-state index contributed by atoms with van der Waals surface area (Å²) in [7, 11) is 3.08. The molecule has 0 radical (unpaired) electrons. The van der Waals surface area contributed by atoms with E-state index in [0.717, 1.165) is 10.9 Å². The number of carbonyl (C=O) groups excluding carboxylic acids is 1. The topological polar surface area (TPSA) is 60.5 Å². The molecule has 1 aromatic carbocycles. The van der Waals surface area contributed by atoms with Crippen LogP contribution in [0.3, 0.4) is 0 Å². The van der Waals surface area contributed by atoms with E-state index in [1.54, 1.807) is 26.5 Å². The second-order valence-corrected chi connectivity index (χ2v) is 4.48. The Morgan fingerprint density at radius 2 is 1.90 bits per heavy atom. The van der Waals surface area contributed by atoms with Crippen molar-refractivity contribution in [3.8, 4) is 0 Å². The Labute approximate surface area is 117 Å². The smallest absolute Gasteiger partial charge is 0.252 e. The van der Waals surface area contributed by atoms with Gasteiger partial charge in [-0.2, -0.15) is 0 Å². The van der Waals surface area contributed by atoms with Gasteiger partial charge in [0.25, 0.3) is 5.91 Å². The minimum Gasteiger partial charge on any atom is -0.354 e. The highest BCUT2D eigenvalue weighted by Gasteiger charge is 2.19. The summed E-state index contributed by atoms with van der Waals surface area (Å²) < 4.78 is 10.3. The van der Waals surface area contributed by atoms with Crippen LogP contribution < -0.4 is 5.32 Å². The predicted molar refractivity (Wildman–Crippen MR) is 76.5 cm³/mol. The van der Waals surface area contributed by atoms with E-state index < -0.39 is 6.29 Å². The molecule has 0 fully saturated rings. The minimum absolute atomic E-state index is 0.171. The Morgan fingerprint density at radius 1 is 1.20 bits per heavy atom. The molecule has 1 aromatic heterocycles. The molecule has 0 aliphatic heterocycles. The maximum Gasteiger partial charge on any atom is 0.252 e. The van der Waals surface area contributed by atoms with E-state index in [0.29, 0.717) is 5.56 Å². The molecule has 1 N–H and O–H groups in total. The summed E-state index contributed by atoms with van der Waals surface area (Å²) in [5, 5.41) is 3.70. The quantitative estimate of drug-likeness (QED) is 0.847. The van der Waals surface area contributed by atoms with Gasteiger partial charge in [0.1, 0.15) is 0 Å². The summed E-state index contributed by atoms with van der Waals surface area (Å²) in [6, 6.07) is 8.99. The molecule has 106 valence electrons. The van der Waals surface area contributed by atoms with Crippen LogP contribution >= 0.6 is 0 Å². The van der Waals surface area contributed by atoms with Crippen LogP contribution in [0.25, 0.3) is 10.9 Å². The third-order valence-electron chi connectivity index (χ3n) is 3.13. The third kappa shape index (κ3) is 2.95. The number of amides is 1. The minimum atomic E-state index is -0.480. The summed E-state index contributed by atoms with van der Waals surface area (Å²) in [4.78, 5) is 16.6. The molecule has 0 saturated heterocycles. The zero-order valence-corrected chi connectivity index (χ0v) is 11.8. The summed E-state index contributed by atoms with van der Waals surface area (Å²) in [5.74, 6) is -0.171. The van der Waals surface area contributed by atoms with E-state index in [1.165, 1.54) is 0 Å². The molecular formula is C15H18N2O3. The number of nitrogens with one attached hydrogen (secondary N) is 1. The number of aromatic nitrogens is 1. The van der Waals surface area contributed by atoms with Gasteiger partial charge in [-0.1, -0.05) is 18.2 Å². The molecular weight excluding hydrogens is 256 g/mol. The second-order valence-electron chi connectivity index (χ2n) is 4.48. The number of ether oxygens (including phenoxy) is 2. The van der Waals surface area contributed by atoms with Crippen LogP contribution in [0.4, 0.5) is 0 Å². The van der Waals surface area contributed by atoms with Crippen molar-refractivity contribution >= 4 is 16.8 Å².